The lowest BCUT2D eigenvalue weighted by Crippen LogP contribution is -2.39. The summed E-state index contributed by atoms with van der Waals surface area (Å²) < 4.78 is 24.9. The van der Waals surface area contributed by atoms with Gasteiger partial charge in [-0.15, -0.1) is 0 Å². The number of nitrogens with zero attached hydrogens (tertiary/aromatic N) is 1. The van der Waals surface area contributed by atoms with Crippen molar-refractivity contribution in [2.75, 3.05) is 13.7 Å². The molecule has 2 aromatic carbocycles. The van der Waals surface area contributed by atoms with Crippen LogP contribution in [0.15, 0.2) is 58.9 Å². The van der Waals surface area contributed by atoms with Gasteiger partial charge in [0.15, 0.2) is 23.1 Å². The molecule has 194 valence electrons. The van der Waals surface area contributed by atoms with Crippen molar-refractivity contribution in [3.63, 3.8) is 0 Å². The molecule has 2 aromatic rings. The quantitative estimate of drug-likeness (QED) is 0.395. The number of Topliss-reactive ketones (excluding diaryl/α,β-unsaturated/α-hetero) is 2. The molecule has 0 aromatic heterocycles. The Morgan fingerprint density at radius 2 is 1.59 bits per heavy atom. The molecule has 0 atom stereocenters. The zero-order valence-electron chi connectivity index (χ0n) is 21.2. The maximum Gasteiger partial charge on any atom is 0.180 e. The molecule has 1 heterocycles. The molecule has 2 aliphatic carbocycles. The highest BCUT2D eigenvalue weighted by Gasteiger charge is 2.43. The molecule has 5 rings (SSSR count). The Balaban J connectivity index is 1.59. The number of halogens is 2. The van der Waals surface area contributed by atoms with Gasteiger partial charge in [0.2, 0.25) is 0 Å². The Hall–Kier alpha value is -3.12. The normalized spacial score (nSPS) is 18.2. The summed E-state index contributed by atoms with van der Waals surface area (Å²) in [6.45, 7) is 3.11. The zero-order valence-corrected chi connectivity index (χ0v) is 22.0. The van der Waals surface area contributed by atoms with E-state index in [-0.39, 0.29) is 24.0 Å². The second-order valence-corrected chi connectivity index (χ2v) is 10.2. The maximum atomic E-state index is 13.4. The van der Waals surface area contributed by atoms with Gasteiger partial charge in [-0.25, -0.2) is 4.39 Å². The number of ether oxygens (including phenoxy) is 2. The summed E-state index contributed by atoms with van der Waals surface area (Å²) in [7, 11) is 1.54. The summed E-state index contributed by atoms with van der Waals surface area (Å²) in [6.07, 6.45) is 5.19. The summed E-state index contributed by atoms with van der Waals surface area (Å²) in [5, 5.41) is 0.336. The third-order valence-corrected chi connectivity index (χ3v) is 7.70. The van der Waals surface area contributed by atoms with E-state index in [9.17, 15) is 14.0 Å². The van der Waals surface area contributed by atoms with Crippen LogP contribution in [0.2, 0.25) is 5.02 Å². The van der Waals surface area contributed by atoms with Gasteiger partial charge in [0.05, 0.1) is 12.1 Å². The first kappa shape index (κ1) is 25.5. The number of carbonyl (C=O) groups is 2. The fourth-order valence-electron chi connectivity index (χ4n) is 5.83. The minimum absolute atomic E-state index is 0.101. The second-order valence-electron chi connectivity index (χ2n) is 9.81. The number of hydrogen-bond donors (Lipinski definition) is 0. The van der Waals surface area contributed by atoms with Gasteiger partial charge in [-0.2, -0.15) is 0 Å². The molecule has 5 nitrogen and oxygen atoms in total. The van der Waals surface area contributed by atoms with Gasteiger partial charge in [-0.1, -0.05) is 30.7 Å². The van der Waals surface area contributed by atoms with Crippen LogP contribution in [0.3, 0.4) is 0 Å². The van der Waals surface area contributed by atoms with Crippen LogP contribution in [-0.4, -0.2) is 30.1 Å². The Morgan fingerprint density at radius 3 is 2.16 bits per heavy atom. The van der Waals surface area contributed by atoms with Crippen molar-refractivity contribution in [1.82, 2.24) is 4.90 Å². The van der Waals surface area contributed by atoms with E-state index in [1.54, 1.807) is 18.2 Å². The first-order valence-corrected chi connectivity index (χ1v) is 13.3. The Bertz CT molecular complexity index is 1250. The molecular weight excluding hydrogens is 493 g/mol. The molecule has 0 saturated heterocycles. The zero-order chi connectivity index (χ0) is 26.1. The summed E-state index contributed by atoms with van der Waals surface area (Å²) in [4.78, 5) is 29.1. The highest BCUT2D eigenvalue weighted by molar-refractivity contribution is 6.32. The third kappa shape index (κ3) is 4.79. The van der Waals surface area contributed by atoms with Crippen LogP contribution in [0.1, 0.15) is 68.9 Å². The molecular formula is C30H31ClFNO4. The van der Waals surface area contributed by atoms with Crippen LogP contribution in [0.25, 0.3) is 0 Å². The molecule has 1 aliphatic heterocycles. The topological polar surface area (TPSA) is 55.8 Å². The number of carbonyl (C=O) groups excluding carboxylic acids is 2. The van der Waals surface area contributed by atoms with Crippen LogP contribution in [-0.2, 0) is 16.2 Å². The van der Waals surface area contributed by atoms with E-state index in [0.717, 1.165) is 72.3 Å². The lowest BCUT2D eigenvalue weighted by atomic mass is 9.71. The van der Waals surface area contributed by atoms with Crippen molar-refractivity contribution < 1.29 is 23.5 Å². The van der Waals surface area contributed by atoms with Gasteiger partial charge >= 0.3 is 0 Å². The second kappa shape index (κ2) is 10.7. The number of allylic oxidation sites excluding steroid dienone is 4. The van der Waals surface area contributed by atoms with Crippen LogP contribution in [0.5, 0.6) is 11.5 Å². The Morgan fingerprint density at radius 1 is 0.973 bits per heavy atom. The van der Waals surface area contributed by atoms with Gasteiger partial charge in [-0.3, -0.25) is 9.59 Å². The van der Waals surface area contributed by atoms with Crippen molar-refractivity contribution in [1.29, 1.82) is 0 Å². The van der Waals surface area contributed by atoms with Gasteiger partial charge < -0.3 is 14.4 Å². The fourth-order valence-corrected chi connectivity index (χ4v) is 6.10. The fraction of sp³-hybridized carbons (Fsp3) is 0.400. The number of ketones is 2. The highest BCUT2D eigenvalue weighted by atomic mass is 35.5. The summed E-state index contributed by atoms with van der Waals surface area (Å²) in [5.74, 6) is 0.222. The summed E-state index contributed by atoms with van der Waals surface area (Å²) >= 11 is 6.75. The lowest BCUT2D eigenvalue weighted by molar-refractivity contribution is -0.117. The smallest absolute Gasteiger partial charge is 0.180 e. The third-order valence-electron chi connectivity index (χ3n) is 7.42. The molecule has 0 N–H and O–H groups in total. The number of methoxy groups -OCH3 is 1. The molecule has 0 saturated carbocycles. The first-order valence-electron chi connectivity index (χ1n) is 13.0. The van der Waals surface area contributed by atoms with E-state index in [4.69, 9.17) is 21.1 Å². The predicted octanol–water partition coefficient (Wildman–Crippen LogP) is 6.89. The van der Waals surface area contributed by atoms with E-state index in [0.29, 0.717) is 29.4 Å². The van der Waals surface area contributed by atoms with Crippen molar-refractivity contribution >= 4 is 23.2 Å². The number of benzene rings is 2. The monoisotopic (exact) mass is 523 g/mol. The standard InChI is InChI=1S/C30H31ClFNO4/c1-3-14-33-22-6-4-8-24(34)28(22)27(29-23(33)7-5-9-25(29)35)19-15-21(31)30(26(16-19)36-2)37-17-18-10-12-20(32)13-11-18/h10-13,15-16,27H,3-9,14,17H2,1-2H3. The minimum atomic E-state index is -0.462. The van der Waals surface area contributed by atoms with Crippen molar-refractivity contribution in [2.45, 2.75) is 64.4 Å². The SMILES string of the molecule is CCCN1C2=C(C(=O)CCC2)C(c2cc(Cl)c(OCc3ccc(F)cc3)c(OC)c2)C2=C1CCCC2=O. The number of hydrogen-bond acceptors (Lipinski definition) is 5. The molecule has 7 heteroatoms. The van der Waals surface area contributed by atoms with Crippen LogP contribution in [0, 0.1) is 5.82 Å². The first-order chi connectivity index (χ1) is 17.9. The van der Waals surface area contributed by atoms with Gasteiger partial charge in [0.1, 0.15) is 12.4 Å². The van der Waals surface area contributed by atoms with E-state index in [2.05, 4.69) is 11.8 Å². The van der Waals surface area contributed by atoms with E-state index < -0.39 is 5.92 Å². The van der Waals surface area contributed by atoms with E-state index in [1.165, 1.54) is 19.2 Å². The van der Waals surface area contributed by atoms with Crippen molar-refractivity contribution in [3.8, 4) is 11.5 Å². The molecule has 3 aliphatic rings. The van der Waals surface area contributed by atoms with Gasteiger partial charge in [0, 0.05) is 47.8 Å². The summed E-state index contributed by atoms with van der Waals surface area (Å²) in [6, 6.07) is 9.70. The van der Waals surface area contributed by atoms with Crippen LogP contribution < -0.4 is 9.47 Å². The van der Waals surface area contributed by atoms with Gasteiger partial charge in [-0.05, 0) is 67.5 Å². The van der Waals surface area contributed by atoms with Crippen molar-refractivity contribution in [2.24, 2.45) is 0 Å². The molecule has 0 radical (unpaired) electrons. The maximum absolute atomic E-state index is 13.4. The van der Waals surface area contributed by atoms with Crippen molar-refractivity contribution in [3.05, 3.63) is 80.9 Å². The molecule has 37 heavy (non-hydrogen) atoms. The average molecular weight is 524 g/mol. The number of rotatable bonds is 7. The minimum Gasteiger partial charge on any atom is -0.493 e. The van der Waals surface area contributed by atoms with Gasteiger partial charge in [0.25, 0.3) is 0 Å². The molecule has 0 amide bonds. The average Bonchev–Trinajstić information content (AvgIpc) is 2.89. The predicted molar refractivity (Wildman–Crippen MR) is 140 cm³/mol. The molecule has 0 unspecified atom stereocenters. The lowest BCUT2D eigenvalue weighted by Gasteiger charge is -2.44. The Kier molecular flexibility index (Phi) is 7.38. The Labute approximate surface area is 221 Å². The molecule has 0 bridgehead atoms. The largest absolute Gasteiger partial charge is 0.493 e. The molecule has 0 fully saturated rings. The van der Waals surface area contributed by atoms with Crippen LogP contribution >= 0.6 is 11.6 Å². The van der Waals surface area contributed by atoms with E-state index in [1.807, 2.05) is 6.07 Å². The molecule has 0 spiro atoms. The summed E-state index contributed by atoms with van der Waals surface area (Å²) in [5.41, 5.74) is 5.12. The highest BCUT2D eigenvalue weighted by Crippen LogP contribution is 2.51. The van der Waals surface area contributed by atoms with Crippen LogP contribution in [0.4, 0.5) is 4.39 Å². The van der Waals surface area contributed by atoms with E-state index >= 15 is 0 Å².